The maximum Gasteiger partial charge on any atom is 0.163 e. The summed E-state index contributed by atoms with van der Waals surface area (Å²) in [6.45, 7) is 2.64. The standard InChI is InChI=1S/C18H18O2/c1-2-20-18-9-4-3-7-16(18)14-10-11-15-13(12-14)6-5-8-17(15)19/h3-4,7,9-12H,2,5-6,8H2,1H3. The Kier molecular flexibility index (Phi) is 3.55. The highest BCUT2D eigenvalue weighted by atomic mass is 16.5. The third-order valence-electron chi connectivity index (χ3n) is 3.75. The lowest BCUT2D eigenvalue weighted by Gasteiger charge is -2.17. The molecule has 0 fully saturated rings. The predicted octanol–water partition coefficient (Wildman–Crippen LogP) is 4.27. The van der Waals surface area contributed by atoms with Gasteiger partial charge in [0.15, 0.2) is 5.78 Å². The molecule has 0 atom stereocenters. The van der Waals surface area contributed by atoms with Crippen molar-refractivity contribution in [2.75, 3.05) is 6.61 Å². The molecule has 2 aromatic carbocycles. The summed E-state index contributed by atoms with van der Waals surface area (Å²) in [5.41, 5.74) is 4.29. The molecule has 0 heterocycles. The first-order valence-corrected chi connectivity index (χ1v) is 7.18. The first kappa shape index (κ1) is 12.9. The Morgan fingerprint density at radius 3 is 2.75 bits per heavy atom. The van der Waals surface area contributed by atoms with Gasteiger partial charge in [-0.15, -0.1) is 0 Å². The van der Waals surface area contributed by atoms with Crippen molar-refractivity contribution in [2.24, 2.45) is 0 Å². The molecule has 0 spiro atoms. The second-order valence-corrected chi connectivity index (χ2v) is 5.08. The van der Waals surface area contributed by atoms with Crippen LogP contribution in [0.3, 0.4) is 0 Å². The Hall–Kier alpha value is -2.09. The fourth-order valence-electron chi connectivity index (χ4n) is 2.80. The molecule has 3 rings (SSSR count). The van der Waals surface area contributed by atoms with E-state index in [1.807, 2.05) is 37.3 Å². The van der Waals surface area contributed by atoms with Crippen LogP contribution >= 0.6 is 0 Å². The summed E-state index contributed by atoms with van der Waals surface area (Å²) in [5, 5.41) is 0. The number of ketones is 1. The number of ether oxygens (including phenoxy) is 1. The zero-order chi connectivity index (χ0) is 13.9. The van der Waals surface area contributed by atoms with E-state index in [0.29, 0.717) is 13.0 Å². The molecule has 0 N–H and O–H groups in total. The van der Waals surface area contributed by atoms with Crippen LogP contribution in [0.25, 0.3) is 11.1 Å². The van der Waals surface area contributed by atoms with Crippen LogP contribution < -0.4 is 4.74 Å². The summed E-state index contributed by atoms with van der Waals surface area (Å²) in [4.78, 5) is 11.9. The lowest BCUT2D eigenvalue weighted by Crippen LogP contribution is -2.10. The largest absolute Gasteiger partial charge is 0.493 e. The maximum absolute atomic E-state index is 11.9. The highest BCUT2D eigenvalue weighted by Gasteiger charge is 2.18. The Morgan fingerprint density at radius 1 is 1.05 bits per heavy atom. The molecule has 2 aromatic rings. The molecule has 0 saturated carbocycles. The van der Waals surface area contributed by atoms with Crippen molar-refractivity contribution in [2.45, 2.75) is 26.2 Å². The van der Waals surface area contributed by atoms with Crippen molar-refractivity contribution in [3.63, 3.8) is 0 Å². The molecule has 0 bridgehead atoms. The van der Waals surface area contributed by atoms with Crippen LogP contribution in [0.15, 0.2) is 42.5 Å². The third kappa shape index (κ3) is 2.34. The number of hydrogen-bond donors (Lipinski definition) is 0. The van der Waals surface area contributed by atoms with Gasteiger partial charge in [0.05, 0.1) is 6.61 Å². The predicted molar refractivity (Wildman–Crippen MR) is 80.3 cm³/mol. The Balaban J connectivity index is 2.05. The summed E-state index contributed by atoms with van der Waals surface area (Å²) in [6.07, 6.45) is 2.63. The van der Waals surface area contributed by atoms with E-state index in [0.717, 1.165) is 35.3 Å². The Labute approximate surface area is 119 Å². The molecule has 1 aliphatic rings. The van der Waals surface area contributed by atoms with E-state index in [9.17, 15) is 4.79 Å². The van der Waals surface area contributed by atoms with Crippen LogP contribution in [0.4, 0.5) is 0 Å². The van der Waals surface area contributed by atoms with Crippen LogP contribution in [0.1, 0.15) is 35.7 Å². The molecule has 0 unspecified atom stereocenters. The van der Waals surface area contributed by atoms with Crippen molar-refractivity contribution in [1.82, 2.24) is 0 Å². The smallest absolute Gasteiger partial charge is 0.163 e. The van der Waals surface area contributed by atoms with Crippen LogP contribution in [0.5, 0.6) is 5.75 Å². The topological polar surface area (TPSA) is 26.3 Å². The highest BCUT2D eigenvalue weighted by Crippen LogP contribution is 2.33. The van der Waals surface area contributed by atoms with E-state index in [2.05, 4.69) is 12.1 Å². The van der Waals surface area contributed by atoms with E-state index in [-0.39, 0.29) is 5.78 Å². The second-order valence-electron chi connectivity index (χ2n) is 5.08. The minimum absolute atomic E-state index is 0.274. The molecule has 2 heteroatoms. The minimum Gasteiger partial charge on any atom is -0.493 e. The number of carbonyl (C=O) groups excluding carboxylic acids is 1. The zero-order valence-corrected chi connectivity index (χ0v) is 11.7. The second kappa shape index (κ2) is 5.49. The molecular weight excluding hydrogens is 248 g/mol. The van der Waals surface area contributed by atoms with Crippen LogP contribution in [0.2, 0.25) is 0 Å². The minimum atomic E-state index is 0.274. The van der Waals surface area contributed by atoms with Crippen LogP contribution in [-0.2, 0) is 6.42 Å². The first-order chi connectivity index (χ1) is 9.79. The van der Waals surface area contributed by atoms with Gasteiger partial charge in [-0.25, -0.2) is 0 Å². The van der Waals surface area contributed by atoms with Gasteiger partial charge in [0.1, 0.15) is 5.75 Å². The third-order valence-corrected chi connectivity index (χ3v) is 3.75. The van der Waals surface area contributed by atoms with E-state index in [1.54, 1.807) is 0 Å². The number of aryl methyl sites for hydroxylation is 1. The zero-order valence-electron chi connectivity index (χ0n) is 11.7. The SMILES string of the molecule is CCOc1ccccc1-c1ccc2c(c1)CCCC2=O. The van der Waals surface area contributed by atoms with Crippen molar-refractivity contribution >= 4 is 5.78 Å². The number of benzene rings is 2. The van der Waals surface area contributed by atoms with Crippen LogP contribution in [0, 0.1) is 0 Å². The van der Waals surface area contributed by atoms with Gasteiger partial charge in [0, 0.05) is 17.5 Å². The normalized spacial score (nSPS) is 13.9. The van der Waals surface area contributed by atoms with Gasteiger partial charge in [-0.1, -0.05) is 36.4 Å². The summed E-state index contributed by atoms with van der Waals surface area (Å²) in [6, 6.07) is 14.2. The maximum atomic E-state index is 11.9. The van der Waals surface area contributed by atoms with Gasteiger partial charge in [-0.2, -0.15) is 0 Å². The summed E-state index contributed by atoms with van der Waals surface area (Å²) < 4.78 is 5.69. The monoisotopic (exact) mass is 266 g/mol. The summed E-state index contributed by atoms with van der Waals surface area (Å²) in [5.74, 6) is 1.17. The van der Waals surface area contributed by atoms with Crippen molar-refractivity contribution in [3.8, 4) is 16.9 Å². The number of para-hydroxylation sites is 1. The fourth-order valence-corrected chi connectivity index (χ4v) is 2.80. The van der Waals surface area contributed by atoms with Gasteiger partial charge >= 0.3 is 0 Å². The summed E-state index contributed by atoms with van der Waals surface area (Å²) >= 11 is 0. The molecule has 0 saturated heterocycles. The average Bonchev–Trinajstić information content (AvgIpc) is 2.48. The van der Waals surface area contributed by atoms with E-state index < -0.39 is 0 Å². The summed E-state index contributed by atoms with van der Waals surface area (Å²) in [7, 11) is 0. The lowest BCUT2D eigenvalue weighted by molar-refractivity contribution is 0.0972. The molecule has 0 radical (unpaired) electrons. The lowest BCUT2D eigenvalue weighted by atomic mass is 9.88. The Bertz CT molecular complexity index is 644. The number of rotatable bonds is 3. The van der Waals surface area contributed by atoms with Crippen molar-refractivity contribution < 1.29 is 9.53 Å². The van der Waals surface area contributed by atoms with Crippen LogP contribution in [-0.4, -0.2) is 12.4 Å². The van der Waals surface area contributed by atoms with Crippen molar-refractivity contribution in [1.29, 1.82) is 0 Å². The van der Waals surface area contributed by atoms with E-state index >= 15 is 0 Å². The van der Waals surface area contributed by atoms with Gasteiger partial charge < -0.3 is 4.74 Å². The van der Waals surface area contributed by atoms with Gasteiger partial charge in [-0.3, -0.25) is 4.79 Å². The molecule has 102 valence electrons. The Morgan fingerprint density at radius 2 is 1.90 bits per heavy atom. The highest BCUT2D eigenvalue weighted by molar-refractivity contribution is 5.99. The molecular formula is C18H18O2. The molecule has 20 heavy (non-hydrogen) atoms. The number of carbonyl (C=O) groups is 1. The van der Waals surface area contributed by atoms with Gasteiger partial charge in [-0.05, 0) is 37.0 Å². The quantitative estimate of drug-likeness (QED) is 0.829. The number of hydrogen-bond acceptors (Lipinski definition) is 2. The average molecular weight is 266 g/mol. The molecule has 0 aliphatic heterocycles. The van der Waals surface area contributed by atoms with E-state index in [1.165, 1.54) is 5.56 Å². The van der Waals surface area contributed by atoms with Gasteiger partial charge in [0.2, 0.25) is 0 Å². The molecule has 0 amide bonds. The fraction of sp³-hybridized carbons (Fsp3) is 0.278. The molecule has 1 aliphatic carbocycles. The van der Waals surface area contributed by atoms with Crippen molar-refractivity contribution in [3.05, 3.63) is 53.6 Å². The first-order valence-electron chi connectivity index (χ1n) is 7.18. The number of fused-ring (bicyclic) bond motifs is 1. The van der Waals surface area contributed by atoms with E-state index in [4.69, 9.17) is 4.74 Å². The van der Waals surface area contributed by atoms with Gasteiger partial charge in [0.25, 0.3) is 0 Å². The molecule has 2 nitrogen and oxygen atoms in total. The number of Topliss-reactive ketones (excluding diaryl/α,β-unsaturated/α-hetero) is 1. The molecule has 0 aromatic heterocycles.